The molecule has 103 heavy (non-hydrogen) atoms. The number of aliphatic carboxylic acids is 5. The normalized spacial score (nSPS) is 20.3. The van der Waals surface area contributed by atoms with Crippen LogP contribution in [-0.4, -0.2) is 249 Å². The first-order valence-corrected chi connectivity index (χ1v) is 29.1. The average molecular weight is 1530 g/mol. The number of alkyl halides is 15. The van der Waals surface area contributed by atoms with Crippen LogP contribution in [0.2, 0.25) is 0 Å². The van der Waals surface area contributed by atoms with Gasteiger partial charge in [-0.3, -0.25) is 43.2 Å². The Balaban J connectivity index is -0.00000113. The Labute approximate surface area is 572 Å². The number of nitrogens with one attached hydrogen (secondary N) is 9. The number of benzene rings is 1. The molecular formula is C53H79F15N14O21. The number of aliphatic hydroxyl groups excluding tert-OH is 2. The molecule has 1 aliphatic rings. The van der Waals surface area contributed by atoms with Crippen molar-refractivity contribution in [2.24, 2.45) is 34.6 Å². The topological polar surface area (TPSA) is 619 Å². The molecule has 2 rings (SSSR count). The number of aliphatic hydroxyl groups is 2. The van der Waals surface area contributed by atoms with E-state index < -0.39 is 187 Å². The van der Waals surface area contributed by atoms with Crippen LogP contribution in [0.5, 0.6) is 0 Å². The van der Waals surface area contributed by atoms with Crippen molar-refractivity contribution in [3.8, 4) is 0 Å². The second-order valence-electron chi connectivity index (χ2n) is 21.1. The summed E-state index contributed by atoms with van der Waals surface area (Å²) in [6.45, 7) is 5.20. The van der Waals surface area contributed by atoms with E-state index in [9.17, 15) is 119 Å². The molecule has 0 spiro atoms. The molecule has 11 atom stereocenters. The van der Waals surface area contributed by atoms with Gasteiger partial charge in [0.15, 0.2) is 0 Å². The van der Waals surface area contributed by atoms with Crippen molar-refractivity contribution in [2.75, 3.05) is 32.7 Å². The minimum atomic E-state index is -5.08. The van der Waals surface area contributed by atoms with E-state index in [4.69, 9.17) is 78.2 Å². The van der Waals surface area contributed by atoms with Crippen LogP contribution in [0.1, 0.15) is 71.8 Å². The molecule has 0 aliphatic carbocycles. The summed E-state index contributed by atoms with van der Waals surface area (Å²) >= 11 is 0. The zero-order valence-electron chi connectivity index (χ0n) is 54.2. The monoisotopic (exact) mass is 1530 g/mol. The third-order valence-corrected chi connectivity index (χ3v) is 12.1. The summed E-state index contributed by atoms with van der Waals surface area (Å²) in [7, 11) is 0. The van der Waals surface area contributed by atoms with E-state index in [1.807, 2.05) is 0 Å². The van der Waals surface area contributed by atoms with Crippen molar-refractivity contribution < 1.29 is 169 Å². The Morgan fingerprint density at radius 2 is 0.796 bits per heavy atom. The lowest BCUT2D eigenvalue weighted by Gasteiger charge is -2.28. The van der Waals surface area contributed by atoms with E-state index in [-0.39, 0.29) is 77.0 Å². The van der Waals surface area contributed by atoms with Crippen LogP contribution in [0.3, 0.4) is 0 Å². The second kappa shape index (κ2) is 47.6. The zero-order chi connectivity index (χ0) is 81.5. The Hall–Kier alpha value is -9.53. The van der Waals surface area contributed by atoms with Crippen LogP contribution in [0.4, 0.5) is 65.9 Å². The molecule has 0 bridgehead atoms. The number of nitrogens with two attached hydrogens (primary N) is 5. The summed E-state index contributed by atoms with van der Waals surface area (Å²) in [5.41, 5.74) is 29.6. The van der Waals surface area contributed by atoms with Crippen molar-refractivity contribution in [1.29, 1.82) is 0 Å². The van der Waals surface area contributed by atoms with Crippen LogP contribution < -0.4 is 76.5 Å². The molecule has 1 saturated heterocycles. The van der Waals surface area contributed by atoms with Crippen molar-refractivity contribution in [3.05, 3.63) is 35.9 Å². The molecule has 1 aromatic rings. The SMILES string of the molecule is CC(C)CC1NC(=O)C(Cc2ccccc2)NC(=O)C(CCN)NC(=O)C(NC(=O)C(CCN)NC(=O)C(N)C(C)O)CCNC(=O)C(C(C)O)NC(=O)C(CCN)NC(=O)C(CCN)NC1=O.O=C(O)C(F)(F)F.O=C(O)C(F)(F)F.O=C(O)C(F)(F)F.O=C(O)C(F)(F)F.O=C(O)C(F)(F)F. The third kappa shape index (κ3) is 44.5. The molecule has 50 heteroatoms. The third-order valence-electron chi connectivity index (χ3n) is 12.1. The molecule has 0 saturated carbocycles. The molecule has 1 heterocycles. The van der Waals surface area contributed by atoms with Gasteiger partial charge in [0.05, 0.1) is 12.2 Å². The number of hydrogen-bond acceptors (Lipinski definition) is 21. The summed E-state index contributed by atoms with van der Waals surface area (Å²) < 4.78 is 159. The van der Waals surface area contributed by atoms with Gasteiger partial charge in [0, 0.05) is 13.0 Å². The number of carbonyl (C=O) groups is 14. The molecule has 35 nitrogen and oxygen atoms in total. The van der Waals surface area contributed by atoms with Gasteiger partial charge in [-0.15, -0.1) is 0 Å². The highest BCUT2D eigenvalue weighted by Crippen LogP contribution is 2.17. The maximum absolute atomic E-state index is 14.2. The molecule has 11 unspecified atom stereocenters. The number of carbonyl (C=O) groups excluding carboxylic acids is 9. The van der Waals surface area contributed by atoms with Crippen molar-refractivity contribution in [1.82, 2.24) is 47.9 Å². The summed E-state index contributed by atoms with van der Waals surface area (Å²) in [5, 5.41) is 79.0. The van der Waals surface area contributed by atoms with E-state index in [1.54, 1.807) is 44.2 Å². The van der Waals surface area contributed by atoms with Gasteiger partial charge in [0.1, 0.15) is 54.4 Å². The molecule has 1 aromatic carbocycles. The Morgan fingerprint density at radius 3 is 1.12 bits per heavy atom. The van der Waals surface area contributed by atoms with Gasteiger partial charge < -0.3 is 112 Å². The lowest BCUT2D eigenvalue weighted by molar-refractivity contribution is -0.193. The predicted octanol–water partition coefficient (Wildman–Crippen LogP) is -3.68. The minimum absolute atomic E-state index is 0.0731. The van der Waals surface area contributed by atoms with Gasteiger partial charge in [-0.25, -0.2) is 24.0 Å². The molecule has 9 amide bonds. The average Bonchev–Trinajstić information content (AvgIpc) is 1.12. The highest BCUT2D eigenvalue weighted by Gasteiger charge is 2.42. The van der Waals surface area contributed by atoms with Gasteiger partial charge in [0.25, 0.3) is 0 Å². The van der Waals surface area contributed by atoms with Gasteiger partial charge in [-0.2, -0.15) is 65.9 Å². The number of carboxylic acids is 5. The van der Waals surface area contributed by atoms with Crippen LogP contribution >= 0.6 is 0 Å². The molecule has 1 aliphatic heterocycles. The zero-order valence-corrected chi connectivity index (χ0v) is 54.2. The van der Waals surface area contributed by atoms with Crippen LogP contribution in [0.25, 0.3) is 0 Å². The number of carboxylic acid groups (broad SMARTS) is 5. The number of rotatable bonds is 18. The largest absolute Gasteiger partial charge is 0.490 e. The molecule has 0 radical (unpaired) electrons. The van der Waals surface area contributed by atoms with Crippen molar-refractivity contribution in [2.45, 2.75) is 170 Å². The second-order valence-corrected chi connectivity index (χ2v) is 21.1. The quantitative estimate of drug-likeness (QED) is 0.0630. The standard InChI is InChI=1S/C43H74N14O11.5C2HF3O2/c1-22(2)20-31-40(65)52-26(10-15-44)35(60)51-29(13-18-47)39(64)57-34(24(4)59)43(68)49-19-14-30(53-36(61)28(12-17-46)54-42(67)33(48)23(3)58)38(63)50-27(11-16-45)37(62)56-32(41(66)55-31)21-25-8-6-5-7-9-25;5*3-2(4,5)1(6)7/h5-9,22-24,26-34,58-59H,10-21,44-48H2,1-4H3,(H,49,68)(H,50,63)(H,51,60)(H,52,65)(H,53,61)(H,54,67)(H,55,66)(H,56,62)(H,57,64);5*(H,6,7). The molecule has 1 fully saturated rings. The van der Waals surface area contributed by atoms with Gasteiger partial charge in [-0.1, -0.05) is 44.2 Å². The van der Waals surface area contributed by atoms with E-state index >= 15 is 0 Å². The van der Waals surface area contributed by atoms with Gasteiger partial charge in [0.2, 0.25) is 53.2 Å². The van der Waals surface area contributed by atoms with E-state index in [0.29, 0.717) is 5.56 Å². The van der Waals surface area contributed by atoms with Crippen LogP contribution in [-0.2, 0) is 73.5 Å². The lowest BCUT2D eigenvalue weighted by Crippen LogP contribution is -2.61. The first kappa shape index (κ1) is 99.8. The number of halogens is 15. The highest BCUT2D eigenvalue weighted by molar-refractivity contribution is 5.98. The summed E-state index contributed by atoms with van der Waals surface area (Å²) in [6.07, 6.45) is -29.2. The fourth-order valence-electron chi connectivity index (χ4n) is 7.00. The van der Waals surface area contributed by atoms with Crippen molar-refractivity contribution >= 4 is 83.0 Å². The van der Waals surface area contributed by atoms with Crippen molar-refractivity contribution in [3.63, 3.8) is 0 Å². The summed E-state index contributed by atoms with van der Waals surface area (Å²) in [5.74, 6) is -21.9. The van der Waals surface area contributed by atoms with Crippen LogP contribution in [0.15, 0.2) is 30.3 Å². The highest BCUT2D eigenvalue weighted by atomic mass is 19.4. The van der Waals surface area contributed by atoms with Crippen LogP contribution in [0, 0.1) is 5.92 Å². The first-order valence-electron chi connectivity index (χ1n) is 29.1. The molecular weight excluding hydrogens is 1450 g/mol. The lowest BCUT2D eigenvalue weighted by atomic mass is 10.00. The number of amides is 9. The molecule has 0 aromatic heterocycles. The predicted molar refractivity (Wildman–Crippen MR) is 317 cm³/mol. The van der Waals surface area contributed by atoms with E-state index in [1.165, 1.54) is 13.8 Å². The Bertz CT molecular complexity index is 2780. The smallest absolute Gasteiger partial charge is 0.475 e. The fourth-order valence-corrected chi connectivity index (χ4v) is 7.00. The van der Waals surface area contributed by atoms with E-state index in [0.717, 1.165) is 0 Å². The fraction of sp³-hybridized carbons (Fsp3) is 0.623. The molecule has 592 valence electrons. The molecule has 26 N–H and O–H groups in total. The first-order chi connectivity index (χ1) is 46.9. The summed E-state index contributed by atoms with van der Waals surface area (Å²) in [4.78, 5) is 169. The van der Waals surface area contributed by atoms with Gasteiger partial charge >= 0.3 is 60.7 Å². The number of hydrogen-bond donors (Lipinski definition) is 21. The maximum Gasteiger partial charge on any atom is 0.490 e. The Morgan fingerprint density at radius 1 is 0.476 bits per heavy atom. The summed E-state index contributed by atoms with van der Waals surface area (Å²) in [6, 6.07) is -4.14. The minimum Gasteiger partial charge on any atom is -0.475 e. The maximum atomic E-state index is 14.2. The van der Waals surface area contributed by atoms with E-state index in [2.05, 4.69) is 47.9 Å². The Kier molecular flexibility index (Phi) is 46.2. The van der Waals surface area contributed by atoms with Gasteiger partial charge in [-0.05, 0) is 90.0 Å².